The first kappa shape index (κ1) is 15.2. The van der Waals surface area contributed by atoms with Crippen LogP contribution in [0.5, 0.6) is 0 Å². The van der Waals surface area contributed by atoms with Gasteiger partial charge < -0.3 is 16.4 Å². The lowest BCUT2D eigenvalue weighted by atomic mass is 10.1. The van der Waals surface area contributed by atoms with Gasteiger partial charge >= 0.3 is 6.03 Å². The van der Waals surface area contributed by atoms with E-state index in [0.29, 0.717) is 21.4 Å². The summed E-state index contributed by atoms with van der Waals surface area (Å²) in [4.78, 5) is 23.2. The van der Waals surface area contributed by atoms with Gasteiger partial charge in [0.1, 0.15) is 0 Å². The molecule has 0 aliphatic heterocycles. The maximum atomic E-state index is 11.9. The lowest BCUT2D eigenvalue weighted by molar-refractivity contribution is 0.100. The molecule has 2 aromatic rings. The van der Waals surface area contributed by atoms with Crippen LogP contribution in [0.25, 0.3) is 0 Å². The topological polar surface area (TPSA) is 84.2 Å². The van der Waals surface area contributed by atoms with Crippen molar-refractivity contribution in [2.24, 2.45) is 5.73 Å². The zero-order valence-electron chi connectivity index (χ0n) is 10.7. The average Bonchev–Trinajstić information content (AvgIpc) is 2.37. The molecule has 2 rings (SSSR count). The van der Waals surface area contributed by atoms with Crippen LogP contribution in [-0.4, -0.2) is 11.9 Å². The molecule has 108 valence electrons. The van der Waals surface area contributed by atoms with E-state index < -0.39 is 11.9 Å². The fourth-order valence-corrected chi connectivity index (χ4v) is 2.24. The second-order valence-electron chi connectivity index (χ2n) is 4.15. The highest BCUT2D eigenvalue weighted by Crippen LogP contribution is 2.23. The van der Waals surface area contributed by atoms with Crippen LogP contribution in [0.4, 0.5) is 16.2 Å². The number of primary amides is 1. The average molecular weight is 324 g/mol. The lowest BCUT2D eigenvalue weighted by Gasteiger charge is -2.10. The minimum Gasteiger partial charge on any atom is -0.366 e. The van der Waals surface area contributed by atoms with Crippen LogP contribution in [0, 0.1) is 0 Å². The molecule has 0 atom stereocenters. The zero-order valence-corrected chi connectivity index (χ0v) is 12.2. The number of carbonyl (C=O) groups excluding carboxylic acids is 2. The first-order valence-electron chi connectivity index (χ1n) is 5.88. The summed E-state index contributed by atoms with van der Waals surface area (Å²) in [7, 11) is 0. The van der Waals surface area contributed by atoms with Gasteiger partial charge in [0.2, 0.25) is 0 Å². The maximum Gasteiger partial charge on any atom is 0.323 e. The van der Waals surface area contributed by atoms with E-state index in [1.807, 2.05) is 0 Å². The van der Waals surface area contributed by atoms with Gasteiger partial charge in [0.25, 0.3) is 5.91 Å². The summed E-state index contributed by atoms with van der Waals surface area (Å²) in [6.07, 6.45) is 0. The number of hydrogen-bond donors (Lipinski definition) is 3. The molecule has 0 saturated heterocycles. The van der Waals surface area contributed by atoms with Crippen molar-refractivity contribution in [3.05, 3.63) is 58.1 Å². The Kier molecular flexibility index (Phi) is 4.67. The van der Waals surface area contributed by atoms with Crippen LogP contribution in [0.2, 0.25) is 10.0 Å². The molecule has 0 fully saturated rings. The molecule has 0 saturated carbocycles. The van der Waals surface area contributed by atoms with Crippen LogP contribution in [-0.2, 0) is 0 Å². The van der Waals surface area contributed by atoms with Gasteiger partial charge in [-0.3, -0.25) is 4.79 Å². The third-order valence-electron chi connectivity index (χ3n) is 2.56. The van der Waals surface area contributed by atoms with Crippen molar-refractivity contribution in [3.8, 4) is 0 Å². The molecular formula is C14H11Cl2N3O2. The first-order valence-corrected chi connectivity index (χ1v) is 6.64. The number of amides is 3. The summed E-state index contributed by atoms with van der Waals surface area (Å²) < 4.78 is 0. The third kappa shape index (κ3) is 4.11. The molecule has 4 N–H and O–H groups in total. The van der Waals surface area contributed by atoms with Gasteiger partial charge in [0.15, 0.2) is 0 Å². The monoisotopic (exact) mass is 323 g/mol. The smallest absolute Gasteiger partial charge is 0.323 e. The Morgan fingerprint density at radius 1 is 0.952 bits per heavy atom. The minimum atomic E-state index is -0.628. The largest absolute Gasteiger partial charge is 0.366 e. The highest BCUT2D eigenvalue weighted by atomic mass is 35.5. The van der Waals surface area contributed by atoms with Crippen molar-refractivity contribution in [2.45, 2.75) is 0 Å². The molecule has 3 amide bonds. The van der Waals surface area contributed by atoms with Gasteiger partial charge in [0.05, 0.1) is 11.3 Å². The zero-order chi connectivity index (χ0) is 15.4. The Morgan fingerprint density at radius 2 is 1.57 bits per heavy atom. The van der Waals surface area contributed by atoms with Crippen molar-refractivity contribution in [1.82, 2.24) is 0 Å². The van der Waals surface area contributed by atoms with Crippen molar-refractivity contribution in [2.75, 3.05) is 10.6 Å². The van der Waals surface area contributed by atoms with E-state index in [1.165, 1.54) is 6.07 Å². The highest BCUT2D eigenvalue weighted by Gasteiger charge is 2.10. The Bertz CT molecular complexity index is 684. The van der Waals surface area contributed by atoms with Gasteiger partial charge in [-0.15, -0.1) is 0 Å². The highest BCUT2D eigenvalue weighted by molar-refractivity contribution is 6.35. The number of halogens is 2. The molecule has 5 nitrogen and oxygen atoms in total. The van der Waals surface area contributed by atoms with Gasteiger partial charge in [-0.25, -0.2) is 4.79 Å². The second kappa shape index (κ2) is 6.47. The molecule has 0 aliphatic rings. The fraction of sp³-hybridized carbons (Fsp3) is 0. The van der Waals surface area contributed by atoms with Crippen molar-refractivity contribution in [3.63, 3.8) is 0 Å². The molecular weight excluding hydrogens is 313 g/mol. The summed E-state index contributed by atoms with van der Waals surface area (Å²) in [6, 6.07) is 10.5. The Morgan fingerprint density at radius 3 is 2.19 bits per heavy atom. The number of benzene rings is 2. The van der Waals surface area contributed by atoms with Crippen LogP contribution in [0.1, 0.15) is 10.4 Å². The summed E-state index contributed by atoms with van der Waals surface area (Å²) in [6.45, 7) is 0. The molecule has 2 aromatic carbocycles. The summed E-state index contributed by atoms with van der Waals surface area (Å²) in [5.41, 5.74) is 6.20. The standard InChI is InChI=1S/C14H11Cl2N3O2/c15-8-5-9(16)7-10(6-8)18-14(21)19-12-4-2-1-3-11(12)13(17)20/h1-7H,(H2,17,20)(H2,18,19,21). The molecule has 0 unspecified atom stereocenters. The molecule has 0 radical (unpaired) electrons. The number of urea groups is 1. The van der Waals surface area contributed by atoms with Crippen molar-refractivity contribution < 1.29 is 9.59 Å². The van der Waals surface area contributed by atoms with Crippen molar-refractivity contribution >= 4 is 46.5 Å². The number of carbonyl (C=O) groups is 2. The lowest BCUT2D eigenvalue weighted by Crippen LogP contribution is -2.22. The van der Waals surface area contributed by atoms with Gasteiger partial charge in [-0.1, -0.05) is 35.3 Å². The van der Waals surface area contributed by atoms with E-state index in [1.54, 1.807) is 36.4 Å². The minimum absolute atomic E-state index is 0.219. The second-order valence-corrected chi connectivity index (χ2v) is 5.02. The number of nitrogens with two attached hydrogens (primary N) is 1. The fourth-order valence-electron chi connectivity index (χ4n) is 1.72. The summed E-state index contributed by atoms with van der Waals surface area (Å²) in [5.74, 6) is -0.628. The molecule has 21 heavy (non-hydrogen) atoms. The van der Waals surface area contributed by atoms with Crippen molar-refractivity contribution in [1.29, 1.82) is 0 Å². The van der Waals surface area contributed by atoms with Crippen LogP contribution in [0.3, 0.4) is 0 Å². The molecule has 0 heterocycles. The van der Waals surface area contributed by atoms with E-state index in [-0.39, 0.29) is 5.56 Å². The number of para-hydroxylation sites is 1. The van der Waals surface area contributed by atoms with Gasteiger partial charge in [0, 0.05) is 15.7 Å². The van der Waals surface area contributed by atoms with E-state index >= 15 is 0 Å². The number of hydrogen-bond acceptors (Lipinski definition) is 2. The summed E-state index contributed by atoms with van der Waals surface area (Å²) >= 11 is 11.7. The van der Waals surface area contributed by atoms with E-state index in [2.05, 4.69) is 10.6 Å². The van der Waals surface area contributed by atoms with E-state index in [0.717, 1.165) is 0 Å². The van der Waals surface area contributed by atoms with Gasteiger partial charge in [-0.2, -0.15) is 0 Å². The Labute approximate surface area is 131 Å². The number of anilines is 2. The predicted octanol–water partition coefficient (Wildman–Crippen LogP) is 3.74. The first-order chi connectivity index (χ1) is 9.95. The van der Waals surface area contributed by atoms with Crippen LogP contribution in [0.15, 0.2) is 42.5 Å². The van der Waals surface area contributed by atoms with Crippen LogP contribution < -0.4 is 16.4 Å². The van der Waals surface area contributed by atoms with Crippen LogP contribution >= 0.6 is 23.2 Å². The molecule has 7 heteroatoms. The normalized spacial score (nSPS) is 10.0. The SMILES string of the molecule is NC(=O)c1ccccc1NC(=O)Nc1cc(Cl)cc(Cl)c1. The quantitative estimate of drug-likeness (QED) is 0.803. The van der Waals surface area contributed by atoms with E-state index in [9.17, 15) is 9.59 Å². The molecule has 0 aliphatic carbocycles. The third-order valence-corrected chi connectivity index (χ3v) is 3.00. The molecule has 0 bridgehead atoms. The molecule has 0 aromatic heterocycles. The molecule has 0 spiro atoms. The Balaban J connectivity index is 2.14. The van der Waals surface area contributed by atoms with E-state index in [4.69, 9.17) is 28.9 Å². The van der Waals surface area contributed by atoms with Gasteiger partial charge in [-0.05, 0) is 30.3 Å². The number of nitrogens with one attached hydrogen (secondary N) is 2. The number of rotatable bonds is 3. The summed E-state index contributed by atoms with van der Waals surface area (Å²) in [5, 5.41) is 5.91. The maximum absolute atomic E-state index is 11.9. The predicted molar refractivity (Wildman–Crippen MR) is 84.1 cm³/mol. The Hall–Kier alpha value is -2.24.